The van der Waals surface area contributed by atoms with Gasteiger partial charge in [-0.25, -0.2) is 4.39 Å². The summed E-state index contributed by atoms with van der Waals surface area (Å²) in [5.41, 5.74) is 1.09. The summed E-state index contributed by atoms with van der Waals surface area (Å²) in [6, 6.07) is 6.69. The monoisotopic (exact) mass is 297 g/mol. The highest BCUT2D eigenvalue weighted by molar-refractivity contribution is 6.20. The van der Waals surface area contributed by atoms with Crippen LogP contribution < -0.4 is 0 Å². The minimum atomic E-state index is -0.188. The van der Waals surface area contributed by atoms with Crippen LogP contribution in [0, 0.1) is 5.82 Å². The third-order valence-corrected chi connectivity index (χ3v) is 4.76. The number of hydrogen-bond acceptors (Lipinski definition) is 2. The van der Waals surface area contributed by atoms with Gasteiger partial charge in [0, 0.05) is 11.9 Å². The fourth-order valence-electron chi connectivity index (χ4n) is 3.13. The Balaban J connectivity index is 1.50. The van der Waals surface area contributed by atoms with Crippen LogP contribution in [0.2, 0.25) is 0 Å². The average molecular weight is 298 g/mol. The zero-order valence-electron chi connectivity index (χ0n) is 11.6. The van der Waals surface area contributed by atoms with E-state index in [2.05, 4.69) is 4.90 Å². The molecule has 2 aliphatic heterocycles. The highest BCUT2D eigenvalue weighted by atomic mass is 35.5. The molecule has 1 aromatic carbocycles. The molecule has 2 heterocycles. The first kappa shape index (κ1) is 14.3. The predicted octanol–water partition coefficient (Wildman–Crippen LogP) is 3.75. The van der Waals surface area contributed by atoms with E-state index in [-0.39, 0.29) is 11.9 Å². The molecule has 0 amide bonds. The van der Waals surface area contributed by atoms with Gasteiger partial charge in [0.1, 0.15) is 5.82 Å². The van der Waals surface area contributed by atoms with E-state index in [9.17, 15) is 4.39 Å². The number of nitrogens with zero attached hydrogens (tertiary/aromatic N) is 1. The molecule has 4 heteroatoms. The van der Waals surface area contributed by atoms with Gasteiger partial charge in [-0.1, -0.05) is 12.1 Å². The first-order chi connectivity index (χ1) is 9.70. The van der Waals surface area contributed by atoms with Crippen LogP contribution in [-0.2, 0) is 4.74 Å². The number of benzene rings is 1. The molecule has 2 aliphatic rings. The van der Waals surface area contributed by atoms with Crippen LogP contribution in [-0.4, -0.2) is 36.0 Å². The maximum Gasteiger partial charge on any atom is 0.123 e. The van der Waals surface area contributed by atoms with Gasteiger partial charge >= 0.3 is 0 Å². The summed E-state index contributed by atoms with van der Waals surface area (Å²) < 4.78 is 19.1. The number of piperidine rings is 1. The van der Waals surface area contributed by atoms with Crippen LogP contribution in [0.15, 0.2) is 24.3 Å². The van der Waals surface area contributed by atoms with Crippen LogP contribution in [0.1, 0.15) is 37.4 Å². The molecule has 2 fully saturated rings. The summed E-state index contributed by atoms with van der Waals surface area (Å²) in [7, 11) is 0. The highest BCUT2D eigenvalue weighted by Gasteiger charge is 2.29. The lowest BCUT2D eigenvalue weighted by atomic mass is 10.1. The van der Waals surface area contributed by atoms with Gasteiger partial charge in [0.25, 0.3) is 0 Å². The van der Waals surface area contributed by atoms with Crippen molar-refractivity contribution in [3.8, 4) is 0 Å². The lowest BCUT2D eigenvalue weighted by molar-refractivity contribution is 0.0189. The molecule has 0 bridgehead atoms. The van der Waals surface area contributed by atoms with Gasteiger partial charge < -0.3 is 9.64 Å². The Morgan fingerprint density at radius 3 is 2.50 bits per heavy atom. The van der Waals surface area contributed by atoms with Crippen molar-refractivity contribution in [3.63, 3.8) is 0 Å². The van der Waals surface area contributed by atoms with Gasteiger partial charge in [0.05, 0.1) is 12.2 Å². The number of ether oxygens (including phenoxy) is 1. The van der Waals surface area contributed by atoms with Crippen LogP contribution in [0.25, 0.3) is 0 Å². The Kier molecular flexibility index (Phi) is 4.59. The third kappa shape index (κ3) is 3.51. The number of rotatable bonds is 3. The van der Waals surface area contributed by atoms with Crippen LogP contribution in [0.4, 0.5) is 4.39 Å². The summed E-state index contributed by atoms with van der Waals surface area (Å²) in [5, 5.41) is 0.350. The molecular weight excluding hydrogens is 277 g/mol. The number of halogens is 2. The summed E-state index contributed by atoms with van der Waals surface area (Å²) in [6.07, 6.45) is 4.71. The standard InChI is InChI=1S/C16H21ClFNO/c17-13-7-9-19(10-8-13)11-15-5-6-16(20-15)12-1-3-14(18)4-2-12/h1-4,13,15-16H,5-11H2. The second kappa shape index (κ2) is 6.42. The van der Waals surface area contributed by atoms with Crippen molar-refractivity contribution in [1.29, 1.82) is 0 Å². The number of alkyl halides is 1. The molecule has 0 saturated carbocycles. The van der Waals surface area contributed by atoms with E-state index in [4.69, 9.17) is 16.3 Å². The van der Waals surface area contributed by atoms with Crippen molar-refractivity contribution in [3.05, 3.63) is 35.6 Å². The van der Waals surface area contributed by atoms with Crippen molar-refractivity contribution in [2.24, 2.45) is 0 Å². The Morgan fingerprint density at radius 2 is 1.80 bits per heavy atom. The van der Waals surface area contributed by atoms with Crippen molar-refractivity contribution < 1.29 is 9.13 Å². The summed E-state index contributed by atoms with van der Waals surface area (Å²) >= 11 is 6.13. The highest BCUT2D eigenvalue weighted by Crippen LogP contribution is 2.33. The van der Waals surface area contributed by atoms with Crippen molar-refractivity contribution >= 4 is 11.6 Å². The SMILES string of the molecule is Fc1ccc(C2CCC(CN3CCC(Cl)CC3)O2)cc1. The second-order valence-corrected chi connectivity index (χ2v) is 6.47. The van der Waals surface area contributed by atoms with Gasteiger partial charge in [-0.15, -0.1) is 11.6 Å². The van der Waals surface area contributed by atoms with Gasteiger partial charge in [0.15, 0.2) is 0 Å². The largest absolute Gasteiger partial charge is 0.369 e. The van der Waals surface area contributed by atoms with E-state index >= 15 is 0 Å². The maximum atomic E-state index is 12.9. The Morgan fingerprint density at radius 1 is 1.10 bits per heavy atom. The zero-order valence-corrected chi connectivity index (χ0v) is 12.4. The maximum absolute atomic E-state index is 12.9. The molecule has 2 nitrogen and oxygen atoms in total. The number of hydrogen-bond donors (Lipinski definition) is 0. The molecule has 2 saturated heterocycles. The molecule has 2 unspecified atom stereocenters. The quantitative estimate of drug-likeness (QED) is 0.788. The lowest BCUT2D eigenvalue weighted by Crippen LogP contribution is -2.39. The molecule has 3 rings (SSSR count). The van der Waals surface area contributed by atoms with Crippen LogP contribution in [0.5, 0.6) is 0 Å². The molecule has 0 aromatic heterocycles. The summed E-state index contributed by atoms with van der Waals surface area (Å²) in [5.74, 6) is -0.188. The van der Waals surface area contributed by atoms with E-state index in [0.717, 1.165) is 50.9 Å². The minimum Gasteiger partial charge on any atom is -0.369 e. The third-order valence-electron chi connectivity index (χ3n) is 4.33. The smallest absolute Gasteiger partial charge is 0.123 e. The molecule has 0 N–H and O–H groups in total. The van der Waals surface area contributed by atoms with E-state index < -0.39 is 0 Å². The zero-order chi connectivity index (χ0) is 13.9. The van der Waals surface area contributed by atoms with E-state index in [1.165, 1.54) is 12.1 Å². The molecular formula is C16H21ClFNO. The molecule has 20 heavy (non-hydrogen) atoms. The second-order valence-electron chi connectivity index (χ2n) is 5.85. The van der Waals surface area contributed by atoms with Crippen molar-refractivity contribution in [2.45, 2.75) is 43.3 Å². The molecule has 2 atom stereocenters. The van der Waals surface area contributed by atoms with E-state index in [1.54, 1.807) is 0 Å². The molecule has 110 valence electrons. The first-order valence-electron chi connectivity index (χ1n) is 7.48. The van der Waals surface area contributed by atoms with Crippen LogP contribution >= 0.6 is 11.6 Å². The van der Waals surface area contributed by atoms with Gasteiger partial charge in [-0.05, 0) is 56.5 Å². The average Bonchev–Trinajstić information content (AvgIpc) is 2.91. The van der Waals surface area contributed by atoms with Crippen LogP contribution in [0.3, 0.4) is 0 Å². The summed E-state index contributed by atoms with van der Waals surface area (Å²) in [6.45, 7) is 3.16. The molecule has 1 aromatic rings. The Labute approximate surface area is 124 Å². The normalized spacial score (nSPS) is 28.9. The van der Waals surface area contributed by atoms with Crippen molar-refractivity contribution in [1.82, 2.24) is 4.90 Å². The molecule has 0 spiro atoms. The fraction of sp³-hybridized carbons (Fsp3) is 0.625. The van der Waals surface area contributed by atoms with E-state index in [1.807, 2.05) is 12.1 Å². The first-order valence-corrected chi connectivity index (χ1v) is 7.92. The molecule has 0 aliphatic carbocycles. The van der Waals surface area contributed by atoms with Gasteiger partial charge in [-0.2, -0.15) is 0 Å². The lowest BCUT2D eigenvalue weighted by Gasteiger charge is -2.31. The summed E-state index contributed by atoms with van der Waals surface area (Å²) in [4.78, 5) is 2.45. The minimum absolute atomic E-state index is 0.131. The Bertz CT molecular complexity index is 431. The fourth-order valence-corrected chi connectivity index (χ4v) is 3.33. The van der Waals surface area contributed by atoms with Crippen molar-refractivity contribution in [2.75, 3.05) is 19.6 Å². The van der Waals surface area contributed by atoms with Gasteiger partial charge in [0.2, 0.25) is 0 Å². The van der Waals surface area contributed by atoms with Gasteiger partial charge in [-0.3, -0.25) is 0 Å². The van der Waals surface area contributed by atoms with E-state index in [0.29, 0.717) is 11.5 Å². The Hall–Kier alpha value is -0.640. The topological polar surface area (TPSA) is 12.5 Å². The number of likely N-dealkylation sites (tertiary alicyclic amines) is 1. The predicted molar refractivity (Wildman–Crippen MR) is 78.6 cm³/mol. The molecule has 0 radical (unpaired) electrons.